The first-order valence-electron chi connectivity index (χ1n) is 6.65. The van der Waals surface area contributed by atoms with Crippen LogP contribution in [0.1, 0.15) is 25.5 Å². The fraction of sp³-hybridized carbons (Fsp3) is 0.400. The second kappa shape index (κ2) is 6.50. The number of aliphatic hydroxyl groups excluding tert-OH is 1. The molecule has 0 radical (unpaired) electrons. The van der Waals surface area contributed by atoms with Crippen LogP contribution in [-0.2, 0) is 0 Å². The smallest absolute Gasteiger partial charge is 0.0944 e. The summed E-state index contributed by atoms with van der Waals surface area (Å²) in [7, 11) is 0. The highest BCUT2D eigenvalue weighted by Crippen LogP contribution is 2.13. The molecule has 1 aromatic carbocycles. The molecule has 2 rings (SSSR count). The first-order valence-corrected chi connectivity index (χ1v) is 6.65. The first-order chi connectivity index (χ1) is 9.16. The van der Waals surface area contributed by atoms with E-state index in [1.165, 1.54) is 0 Å². The number of hydrogen-bond donors (Lipinski definition) is 2. The summed E-state index contributed by atoms with van der Waals surface area (Å²) in [5.41, 5.74) is 1.83. The van der Waals surface area contributed by atoms with E-state index in [0.717, 1.165) is 17.8 Å². The predicted molar refractivity (Wildman–Crippen MR) is 76.2 cm³/mol. The largest absolute Gasteiger partial charge is 0.387 e. The van der Waals surface area contributed by atoms with E-state index in [-0.39, 0.29) is 0 Å². The summed E-state index contributed by atoms with van der Waals surface area (Å²) in [4.78, 5) is 0. The maximum absolute atomic E-state index is 10.1. The molecule has 1 unspecified atom stereocenters. The van der Waals surface area contributed by atoms with Crippen LogP contribution >= 0.6 is 0 Å². The lowest BCUT2D eigenvalue weighted by atomic mass is 10.2. The minimum atomic E-state index is -0.517. The summed E-state index contributed by atoms with van der Waals surface area (Å²) in [6.07, 6.45) is 3.07. The van der Waals surface area contributed by atoms with Crippen LogP contribution in [0.2, 0.25) is 0 Å². The molecule has 4 nitrogen and oxygen atoms in total. The Kier molecular flexibility index (Phi) is 4.71. The summed E-state index contributed by atoms with van der Waals surface area (Å²) < 4.78 is 1.78. The number of para-hydroxylation sites is 1. The lowest BCUT2D eigenvalue weighted by Gasteiger charge is -2.11. The van der Waals surface area contributed by atoms with Crippen LogP contribution in [0.15, 0.2) is 42.7 Å². The van der Waals surface area contributed by atoms with Crippen molar-refractivity contribution >= 4 is 0 Å². The summed E-state index contributed by atoms with van der Waals surface area (Å²) in [5, 5.41) is 17.6. The Hall–Kier alpha value is -1.65. The van der Waals surface area contributed by atoms with Crippen molar-refractivity contribution < 1.29 is 5.11 Å². The van der Waals surface area contributed by atoms with E-state index in [1.54, 1.807) is 10.9 Å². The maximum Gasteiger partial charge on any atom is 0.0944 e. The minimum absolute atomic E-state index is 0.517. The molecule has 1 atom stereocenters. The second-order valence-corrected chi connectivity index (χ2v) is 5.12. The van der Waals surface area contributed by atoms with E-state index in [1.807, 2.05) is 36.5 Å². The Balaban J connectivity index is 1.97. The normalized spacial score (nSPS) is 12.8. The van der Waals surface area contributed by atoms with Gasteiger partial charge in [0, 0.05) is 18.3 Å². The zero-order chi connectivity index (χ0) is 13.7. The molecule has 0 aliphatic rings. The van der Waals surface area contributed by atoms with Gasteiger partial charge in [-0.3, -0.25) is 0 Å². The Morgan fingerprint density at radius 2 is 1.95 bits per heavy atom. The first kappa shape index (κ1) is 13.8. The van der Waals surface area contributed by atoms with Gasteiger partial charge in [-0.05, 0) is 24.6 Å². The zero-order valence-corrected chi connectivity index (χ0v) is 11.5. The lowest BCUT2D eigenvalue weighted by molar-refractivity contribution is 0.173. The number of benzene rings is 1. The Morgan fingerprint density at radius 3 is 2.63 bits per heavy atom. The van der Waals surface area contributed by atoms with Crippen molar-refractivity contribution in [3.05, 3.63) is 48.3 Å². The lowest BCUT2D eigenvalue weighted by Crippen LogP contribution is -2.25. The fourth-order valence-electron chi connectivity index (χ4n) is 1.86. The topological polar surface area (TPSA) is 50.1 Å². The summed E-state index contributed by atoms with van der Waals surface area (Å²) in [5.74, 6) is 0.583. The maximum atomic E-state index is 10.1. The molecule has 1 aromatic heterocycles. The molecule has 1 heterocycles. The van der Waals surface area contributed by atoms with Gasteiger partial charge >= 0.3 is 0 Å². The monoisotopic (exact) mass is 259 g/mol. The fourth-order valence-corrected chi connectivity index (χ4v) is 1.86. The number of nitrogens with zero attached hydrogens (tertiary/aromatic N) is 2. The highest BCUT2D eigenvalue weighted by Gasteiger charge is 2.10. The van der Waals surface area contributed by atoms with E-state index >= 15 is 0 Å². The molecular weight excluding hydrogens is 238 g/mol. The third kappa shape index (κ3) is 3.91. The number of rotatable bonds is 6. The van der Waals surface area contributed by atoms with Crippen LogP contribution in [0.3, 0.4) is 0 Å². The van der Waals surface area contributed by atoms with Gasteiger partial charge in [0.1, 0.15) is 0 Å². The van der Waals surface area contributed by atoms with E-state index < -0.39 is 6.10 Å². The molecule has 0 saturated heterocycles. The summed E-state index contributed by atoms with van der Waals surface area (Å²) in [6.45, 7) is 5.75. The van der Waals surface area contributed by atoms with E-state index in [0.29, 0.717) is 12.5 Å². The van der Waals surface area contributed by atoms with Gasteiger partial charge in [-0.1, -0.05) is 32.0 Å². The molecule has 0 amide bonds. The van der Waals surface area contributed by atoms with Crippen molar-refractivity contribution in [2.24, 2.45) is 5.92 Å². The quantitative estimate of drug-likeness (QED) is 0.835. The molecular formula is C15H21N3O. The van der Waals surface area contributed by atoms with Crippen LogP contribution < -0.4 is 5.32 Å². The van der Waals surface area contributed by atoms with Crippen LogP contribution in [0.25, 0.3) is 5.69 Å². The molecule has 2 N–H and O–H groups in total. The standard InChI is InChI=1S/C15H21N3O/c1-12(2)8-16-10-15(19)13-9-17-18(11-13)14-6-4-3-5-7-14/h3-7,9,11-12,15-16,19H,8,10H2,1-2H3. The van der Waals surface area contributed by atoms with Gasteiger partial charge in [0.25, 0.3) is 0 Å². The predicted octanol–water partition coefficient (Wildman–Crippen LogP) is 2.15. The molecule has 102 valence electrons. The minimum Gasteiger partial charge on any atom is -0.387 e. The van der Waals surface area contributed by atoms with Gasteiger partial charge < -0.3 is 10.4 Å². The van der Waals surface area contributed by atoms with Crippen molar-refractivity contribution in [2.75, 3.05) is 13.1 Å². The van der Waals surface area contributed by atoms with Crippen molar-refractivity contribution in [2.45, 2.75) is 20.0 Å². The van der Waals surface area contributed by atoms with Crippen LogP contribution in [-0.4, -0.2) is 28.0 Å². The van der Waals surface area contributed by atoms with Gasteiger partial charge in [0.05, 0.1) is 18.0 Å². The molecule has 0 fully saturated rings. The Labute approximate surface area is 114 Å². The molecule has 0 saturated carbocycles. The van der Waals surface area contributed by atoms with Crippen LogP contribution in [0, 0.1) is 5.92 Å². The van der Waals surface area contributed by atoms with Gasteiger partial charge in [-0.2, -0.15) is 5.10 Å². The van der Waals surface area contributed by atoms with Crippen molar-refractivity contribution in [1.82, 2.24) is 15.1 Å². The van der Waals surface area contributed by atoms with E-state index in [9.17, 15) is 5.11 Å². The molecule has 0 aliphatic heterocycles. The molecule has 0 spiro atoms. The Bertz CT molecular complexity index is 493. The van der Waals surface area contributed by atoms with Crippen molar-refractivity contribution in [1.29, 1.82) is 0 Å². The molecule has 19 heavy (non-hydrogen) atoms. The van der Waals surface area contributed by atoms with Crippen molar-refractivity contribution in [3.8, 4) is 5.69 Å². The Morgan fingerprint density at radius 1 is 1.21 bits per heavy atom. The molecule has 4 heteroatoms. The van der Waals surface area contributed by atoms with Gasteiger partial charge in [0.15, 0.2) is 0 Å². The number of aromatic nitrogens is 2. The van der Waals surface area contributed by atoms with Gasteiger partial charge in [-0.25, -0.2) is 4.68 Å². The average Bonchev–Trinajstić information content (AvgIpc) is 2.89. The molecule has 2 aromatic rings. The molecule has 0 aliphatic carbocycles. The van der Waals surface area contributed by atoms with Gasteiger partial charge in [-0.15, -0.1) is 0 Å². The van der Waals surface area contributed by atoms with Crippen molar-refractivity contribution in [3.63, 3.8) is 0 Å². The second-order valence-electron chi connectivity index (χ2n) is 5.12. The highest BCUT2D eigenvalue weighted by molar-refractivity contribution is 5.31. The number of nitrogens with one attached hydrogen (secondary N) is 1. The molecule has 0 bridgehead atoms. The highest BCUT2D eigenvalue weighted by atomic mass is 16.3. The number of aliphatic hydroxyl groups is 1. The third-order valence-electron chi connectivity index (χ3n) is 2.90. The van der Waals surface area contributed by atoms with Gasteiger partial charge in [0.2, 0.25) is 0 Å². The van der Waals surface area contributed by atoms with E-state index in [2.05, 4.69) is 24.3 Å². The third-order valence-corrected chi connectivity index (χ3v) is 2.90. The SMILES string of the molecule is CC(C)CNCC(O)c1cnn(-c2ccccc2)c1. The van der Waals surface area contributed by atoms with E-state index in [4.69, 9.17) is 0 Å². The van der Waals surface area contributed by atoms with Crippen LogP contribution in [0.5, 0.6) is 0 Å². The summed E-state index contributed by atoms with van der Waals surface area (Å²) in [6, 6.07) is 9.88. The van der Waals surface area contributed by atoms with Crippen LogP contribution in [0.4, 0.5) is 0 Å². The summed E-state index contributed by atoms with van der Waals surface area (Å²) >= 11 is 0. The average molecular weight is 259 g/mol. The number of hydrogen-bond acceptors (Lipinski definition) is 3. The zero-order valence-electron chi connectivity index (χ0n) is 11.5.